The van der Waals surface area contributed by atoms with Crippen LogP contribution in [0.4, 0.5) is 4.39 Å². The molecular weight excluding hydrogens is 373 g/mol. The van der Waals surface area contributed by atoms with Crippen LogP contribution in [0.3, 0.4) is 0 Å². The molecule has 2 aromatic rings. The van der Waals surface area contributed by atoms with Crippen LogP contribution in [-0.2, 0) is 16.8 Å². The lowest BCUT2D eigenvalue weighted by atomic mass is 9.86. The fourth-order valence-corrected chi connectivity index (χ4v) is 2.98. The molecule has 7 nitrogen and oxygen atoms in total. The van der Waals surface area contributed by atoms with Crippen molar-refractivity contribution in [1.82, 2.24) is 14.9 Å². The predicted octanol–water partition coefficient (Wildman–Crippen LogP) is 2.09. The van der Waals surface area contributed by atoms with E-state index in [4.69, 9.17) is 17.3 Å². The molecule has 0 saturated heterocycles. The van der Waals surface area contributed by atoms with Gasteiger partial charge in [0, 0.05) is 31.4 Å². The third-order valence-corrected chi connectivity index (χ3v) is 4.62. The van der Waals surface area contributed by atoms with E-state index >= 15 is 0 Å². The number of nitrogens with zero attached hydrogens (tertiary/aromatic N) is 4. The summed E-state index contributed by atoms with van der Waals surface area (Å²) in [6.45, 7) is 1.64. The molecule has 0 saturated carbocycles. The molecule has 1 atom stereocenters. The molecule has 2 N–H and O–H groups in total. The van der Waals surface area contributed by atoms with Crippen molar-refractivity contribution < 1.29 is 14.0 Å². The molecule has 3 rings (SSSR count). The Hall–Kier alpha value is -2.87. The van der Waals surface area contributed by atoms with Gasteiger partial charge in [-0.2, -0.15) is 0 Å². The highest BCUT2D eigenvalue weighted by molar-refractivity contribution is 6.30. The molecular formula is C18H17ClFN5O2. The van der Waals surface area contributed by atoms with Gasteiger partial charge in [0.25, 0.3) is 0 Å². The molecule has 0 aliphatic carbocycles. The SMILES string of the molecule is CN1C(=O)CC(C)(c2cc(CC(=O)c3ncc(Cl)cn3)ccc2F)N=C1N. The largest absolute Gasteiger partial charge is 0.369 e. The first-order valence-electron chi connectivity index (χ1n) is 8.11. The Morgan fingerprint density at radius 3 is 2.67 bits per heavy atom. The zero-order valence-corrected chi connectivity index (χ0v) is 15.5. The molecule has 0 radical (unpaired) electrons. The first-order valence-corrected chi connectivity index (χ1v) is 8.49. The minimum absolute atomic E-state index is 0.0178. The molecule has 140 valence electrons. The molecule has 1 unspecified atom stereocenters. The normalized spacial score (nSPS) is 19.8. The maximum atomic E-state index is 14.5. The molecule has 27 heavy (non-hydrogen) atoms. The number of carbonyl (C=O) groups is 2. The van der Waals surface area contributed by atoms with Crippen molar-refractivity contribution >= 4 is 29.3 Å². The van der Waals surface area contributed by atoms with Gasteiger partial charge in [-0.3, -0.25) is 14.5 Å². The number of rotatable bonds is 4. The van der Waals surface area contributed by atoms with E-state index in [0.29, 0.717) is 10.6 Å². The molecule has 0 fully saturated rings. The summed E-state index contributed by atoms with van der Waals surface area (Å²) in [7, 11) is 1.51. The maximum Gasteiger partial charge on any atom is 0.231 e. The number of guanidine groups is 1. The number of benzene rings is 1. The quantitative estimate of drug-likeness (QED) is 0.807. The summed E-state index contributed by atoms with van der Waals surface area (Å²) in [4.78, 5) is 37.8. The van der Waals surface area contributed by atoms with Gasteiger partial charge >= 0.3 is 0 Å². The van der Waals surface area contributed by atoms with Gasteiger partial charge in [0.1, 0.15) is 5.82 Å². The van der Waals surface area contributed by atoms with E-state index in [9.17, 15) is 14.0 Å². The summed E-state index contributed by atoms with van der Waals surface area (Å²) in [5.41, 5.74) is 5.40. The smallest absolute Gasteiger partial charge is 0.231 e. The second-order valence-electron chi connectivity index (χ2n) is 6.51. The fraction of sp³-hybridized carbons (Fsp3) is 0.278. The Kier molecular flexibility index (Phi) is 4.93. The van der Waals surface area contributed by atoms with E-state index in [1.54, 1.807) is 6.92 Å². The van der Waals surface area contributed by atoms with Crippen LogP contribution < -0.4 is 5.73 Å². The standard InChI is InChI=1S/C18H17ClFN5O2/c1-18(7-15(27)25(2)17(21)24-18)12-5-10(3-4-13(12)20)6-14(26)16-22-8-11(19)9-23-16/h3-5,8-9H,6-7H2,1-2H3,(H2,21,24). The first-order chi connectivity index (χ1) is 12.7. The lowest BCUT2D eigenvalue weighted by Crippen LogP contribution is -2.47. The predicted molar refractivity (Wildman–Crippen MR) is 97.8 cm³/mol. The van der Waals surface area contributed by atoms with E-state index in [-0.39, 0.29) is 41.9 Å². The summed E-state index contributed by atoms with van der Waals surface area (Å²) >= 11 is 5.72. The van der Waals surface area contributed by atoms with Crippen molar-refractivity contribution in [3.63, 3.8) is 0 Å². The van der Waals surface area contributed by atoms with Crippen LogP contribution in [0.2, 0.25) is 5.02 Å². The number of aliphatic imine (C=N–C) groups is 1. The molecule has 1 aliphatic heterocycles. The minimum atomic E-state index is -1.15. The average molecular weight is 390 g/mol. The van der Waals surface area contributed by atoms with E-state index in [1.807, 2.05) is 0 Å². The maximum absolute atomic E-state index is 14.5. The highest BCUT2D eigenvalue weighted by Gasteiger charge is 2.38. The summed E-state index contributed by atoms with van der Waals surface area (Å²) in [5.74, 6) is -1.08. The average Bonchev–Trinajstić information content (AvgIpc) is 2.61. The van der Waals surface area contributed by atoms with Gasteiger partial charge in [0.2, 0.25) is 11.7 Å². The number of hydrogen-bond acceptors (Lipinski definition) is 6. The summed E-state index contributed by atoms with van der Waals surface area (Å²) in [6.07, 6.45) is 2.61. The van der Waals surface area contributed by atoms with Gasteiger partial charge in [0.05, 0.1) is 17.0 Å². The monoisotopic (exact) mass is 389 g/mol. The van der Waals surface area contributed by atoms with E-state index in [0.717, 1.165) is 0 Å². The number of nitrogens with two attached hydrogens (primary N) is 1. The van der Waals surface area contributed by atoms with Gasteiger partial charge in [-0.25, -0.2) is 19.4 Å². The van der Waals surface area contributed by atoms with Crippen molar-refractivity contribution in [3.8, 4) is 0 Å². The second-order valence-corrected chi connectivity index (χ2v) is 6.95. The summed E-state index contributed by atoms with van der Waals surface area (Å²) in [5, 5.41) is 0.325. The lowest BCUT2D eigenvalue weighted by molar-refractivity contribution is -0.128. The third kappa shape index (κ3) is 3.80. The van der Waals surface area contributed by atoms with Crippen LogP contribution in [0.15, 0.2) is 35.6 Å². The molecule has 1 amide bonds. The first kappa shape index (κ1) is 18.9. The van der Waals surface area contributed by atoms with Crippen molar-refractivity contribution in [3.05, 3.63) is 58.4 Å². The Labute approximate surface area is 160 Å². The highest BCUT2D eigenvalue weighted by Crippen LogP contribution is 2.35. The fourth-order valence-electron chi connectivity index (χ4n) is 2.88. The van der Waals surface area contributed by atoms with E-state index in [2.05, 4.69) is 15.0 Å². The van der Waals surface area contributed by atoms with Crippen molar-refractivity contribution in [1.29, 1.82) is 0 Å². The molecule has 1 aromatic carbocycles. The Balaban J connectivity index is 1.92. The van der Waals surface area contributed by atoms with Crippen LogP contribution in [0.5, 0.6) is 0 Å². The topological polar surface area (TPSA) is 102 Å². The van der Waals surface area contributed by atoms with Gasteiger partial charge in [-0.05, 0) is 24.6 Å². The molecule has 0 bridgehead atoms. The molecule has 1 aliphatic rings. The minimum Gasteiger partial charge on any atom is -0.369 e. The van der Waals surface area contributed by atoms with Gasteiger partial charge in [-0.1, -0.05) is 17.7 Å². The second kappa shape index (κ2) is 7.03. The number of Topliss-reactive ketones (excluding diaryl/α,β-unsaturated/α-hetero) is 1. The Morgan fingerprint density at radius 1 is 1.37 bits per heavy atom. The number of carbonyl (C=O) groups excluding carboxylic acids is 2. The third-order valence-electron chi connectivity index (χ3n) is 4.42. The van der Waals surface area contributed by atoms with Crippen LogP contribution >= 0.6 is 11.6 Å². The zero-order chi connectivity index (χ0) is 19.8. The summed E-state index contributed by atoms with van der Waals surface area (Å²) < 4.78 is 14.5. The molecule has 9 heteroatoms. The Bertz CT molecular complexity index is 947. The molecule has 1 aromatic heterocycles. The van der Waals surface area contributed by atoms with Crippen LogP contribution in [-0.4, -0.2) is 39.6 Å². The van der Waals surface area contributed by atoms with E-state index < -0.39 is 11.4 Å². The number of amides is 1. The van der Waals surface area contributed by atoms with Crippen LogP contribution in [0, 0.1) is 5.82 Å². The molecule has 0 spiro atoms. The lowest BCUT2D eigenvalue weighted by Gasteiger charge is -2.34. The van der Waals surface area contributed by atoms with Gasteiger partial charge < -0.3 is 5.73 Å². The highest BCUT2D eigenvalue weighted by atomic mass is 35.5. The number of hydrogen-bond donors (Lipinski definition) is 1. The Morgan fingerprint density at radius 2 is 2.04 bits per heavy atom. The van der Waals surface area contributed by atoms with Crippen molar-refractivity contribution in [2.45, 2.75) is 25.3 Å². The van der Waals surface area contributed by atoms with Gasteiger partial charge in [-0.15, -0.1) is 0 Å². The van der Waals surface area contributed by atoms with Gasteiger partial charge in [0.15, 0.2) is 11.8 Å². The zero-order valence-electron chi connectivity index (χ0n) is 14.7. The van der Waals surface area contributed by atoms with Crippen molar-refractivity contribution in [2.75, 3.05) is 7.05 Å². The van der Waals surface area contributed by atoms with E-state index in [1.165, 1.54) is 42.5 Å². The summed E-state index contributed by atoms with van der Waals surface area (Å²) in [6, 6.07) is 4.28. The van der Waals surface area contributed by atoms with Crippen LogP contribution in [0.25, 0.3) is 0 Å². The number of aromatic nitrogens is 2. The van der Waals surface area contributed by atoms with Crippen molar-refractivity contribution in [2.24, 2.45) is 10.7 Å². The number of halogens is 2. The number of ketones is 1. The molecule has 2 heterocycles. The van der Waals surface area contributed by atoms with Crippen LogP contribution in [0.1, 0.15) is 35.1 Å².